The number of carbonyl (C=O) groups is 2. The van der Waals surface area contributed by atoms with Crippen LogP contribution >= 0.6 is 11.3 Å². The molecule has 0 saturated carbocycles. The number of aliphatic hydroxyl groups is 1. The minimum Gasteiger partial charge on any atom is -0.489 e. The number of anilines is 1. The summed E-state index contributed by atoms with van der Waals surface area (Å²) in [6.07, 6.45) is 2.17. The Morgan fingerprint density at radius 2 is 2.14 bits per heavy atom. The van der Waals surface area contributed by atoms with E-state index in [2.05, 4.69) is 27.1 Å². The fraction of sp³-hybridized carbons (Fsp3) is 0.308. The second-order valence-corrected chi connectivity index (χ2v) is 9.87. The molecule has 0 spiro atoms. The molecule has 9 heteroatoms. The molecule has 0 saturated heterocycles. The highest BCUT2D eigenvalue weighted by molar-refractivity contribution is 7.09. The summed E-state index contributed by atoms with van der Waals surface area (Å²) < 4.78 is 5.84. The van der Waals surface area contributed by atoms with E-state index in [4.69, 9.17) is 4.74 Å². The van der Waals surface area contributed by atoms with Gasteiger partial charge < -0.3 is 20.1 Å². The molecule has 8 nitrogen and oxygen atoms in total. The molecular weight excluding hydrogens is 464 g/mol. The van der Waals surface area contributed by atoms with Crippen LogP contribution < -0.4 is 15.0 Å². The van der Waals surface area contributed by atoms with E-state index >= 15 is 0 Å². The van der Waals surface area contributed by atoms with Crippen molar-refractivity contribution in [2.24, 2.45) is 0 Å². The molecule has 1 atom stereocenters. The monoisotopic (exact) mass is 490 g/mol. The molecule has 180 valence electrons. The minimum absolute atomic E-state index is 0.0194. The highest BCUT2D eigenvalue weighted by Crippen LogP contribution is 2.31. The molecule has 35 heavy (non-hydrogen) atoms. The van der Waals surface area contributed by atoms with Crippen molar-refractivity contribution in [3.8, 4) is 17.6 Å². The van der Waals surface area contributed by atoms with Crippen LogP contribution in [0, 0.1) is 18.8 Å². The fourth-order valence-electron chi connectivity index (χ4n) is 3.54. The van der Waals surface area contributed by atoms with E-state index in [0.717, 1.165) is 16.3 Å². The standard InChI is InChI=1S/C26H26N4O4S/c1-16-28-19(15-35-16)11-18-8-10-27-20(12-18)24(31)29-21-14-34-23-6-5-17(7-9-26(2,3)33)13-22(23)30(4)25(21)32/h5-6,8,10,12-13,15,21,33H,11,14H2,1-4H3,(H,29,31). The summed E-state index contributed by atoms with van der Waals surface area (Å²) in [6, 6.07) is 7.86. The second kappa shape index (κ2) is 9.86. The number of nitrogens with zero attached hydrogens (tertiary/aromatic N) is 3. The first-order valence-corrected chi connectivity index (χ1v) is 11.9. The van der Waals surface area contributed by atoms with Gasteiger partial charge in [0.2, 0.25) is 0 Å². The molecule has 3 heterocycles. The lowest BCUT2D eigenvalue weighted by molar-refractivity contribution is -0.120. The van der Waals surface area contributed by atoms with Crippen molar-refractivity contribution >= 4 is 28.8 Å². The number of carbonyl (C=O) groups excluding carboxylic acids is 2. The molecule has 0 bridgehead atoms. The number of aryl methyl sites for hydroxylation is 1. The van der Waals surface area contributed by atoms with Crippen molar-refractivity contribution in [2.45, 2.75) is 38.8 Å². The first-order chi connectivity index (χ1) is 16.6. The number of benzene rings is 1. The highest BCUT2D eigenvalue weighted by Gasteiger charge is 2.31. The number of ether oxygens (including phenoxy) is 1. The summed E-state index contributed by atoms with van der Waals surface area (Å²) >= 11 is 1.58. The van der Waals surface area contributed by atoms with E-state index in [0.29, 0.717) is 23.4 Å². The Hall–Kier alpha value is -3.74. The summed E-state index contributed by atoms with van der Waals surface area (Å²) in [5.74, 6) is 5.38. The first kappa shape index (κ1) is 24.4. The third kappa shape index (κ3) is 6.04. The zero-order chi connectivity index (χ0) is 25.2. The van der Waals surface area contributed by atoms with Crippen molar-refractivity contribution in [1.82, 2.24) is 15.3 Å². The van der Waals surface area contributed by atoms with Gasteiger partial charge in [-0.25, -0.2) is 4.98 Å². The molecule has 1 aromatic carbocycles. The maximum atomic E-state index is 13.1. The molecule has 0 fully saturated rings. The van der Waals surface area contributed by atoms with E-state index < -0.39 is 17.6 Å². The number of pyridine rings is 1. The van der Waals surface area contributed by atoms with Gasteiger partial charge in [-0.15, -0.1) is 11.3 Å². The molecule has 1 unspecified atom stereocenters. The molecular formula is C26H26N4O4S. The molecule has 4 rings (SSSR count). The molecule has 1 aliphatic rings. The Labute approximate surface area is 208 Å². The summed E-state index contributed by atoms with van der Waals surface area (Å²) in [5.41, 5.74) is 2.09. The maximum absolute atomic E-state index is 13.1. The molecule has 3 aromatic rings. The lowest BCUT2D eigenvalue weighted by Crippen LogP contribution is -2.49. The number of aromatic nitrogens is 2. The summed E-state index contributed by atoms with van der Waals surface area (Å²) in [6.45, 7) is 5.12. The Bertz CT molecular complexity index is 1330. The van der Waals surface area contributed by atoms with Crippen LogP contribution in [0.15, 0.2) is 41.9 Å². The van der Waals surface area contributed by atoms with Gasteiger partial charge in [0.05, 0.1) is 16.4 Å². The third-order valence-electron chi connectivity index (χ3n) is 5.28. The van der Waals surface area contributed by atoms with Gasteiger partial charge in [-0.2, -0.15) is 0 Å². The zero-order valence-electron chi connectivity index (χ0n) is 20.0. The second-order valence-electron chi connectivity index (χ2n) is 8.81. The van der Waals surface area contributed by atoms with Gasteiger partial charge in [-0.05, 0) is 56.7 Å². The SMILES string of the molecule is Cc1nc(Cc2ccnc(C(=O)NC3COc4ccc(C#CC(C)(C)O)cc4N(C)C3=O)c2)cs1. The first-order valence-electron chi connectivity index (χ1n) is 11.1. The normalized spacial score (nSPS) is 15.4. The zero-order valence-corrected chi connectivity index (χ0v) is 20.8. The van der Waals surface area contributed by atoms with Crippen molar-refractivity contribution in [2.75, 3.05) is 18.6 Å². The van der Waals surface area contributed by atoms with Crippen molar-refractivity contribution in [1.29, 1.82) is 0 Å². The van der Waals surface area contributed by atoms with Crippen LogP contribution in [0.25, 0.3) is 0 Å². The number of amides is 2. The Morgan fingerprint density at radius 1 is 1.34 bits per heavy atom. The van der Waals surface area contributed by atoms with E-state index in [-0.39, 0.29) is 18.2 Å². The Kier molecular flexibility index (Phi) is 6.87. The van der Waals surface area contributed by atoms with Gasteiger partial charge in [0.15, 0.2) is 0 Å². The van der Waals surface area contributed by atoms with Crippen molar-refractivity contribution in [3.63, 3.8) is 0 Å². The maximum Gasteiger partial charge on any atom is 0.270 e. The van der Waals surface area contributed by atoms with Gasteiger partial charge in [0.1, 0.15) is 29.7 Å². The summed E-state index contributed by atoms with van der Waals surface area (Å²) in [7, 11) is 1.62. The van der Waals surface area contributed by atoms with Gasteiger partial charge in [0.25, 0.3) is 11.8 Å². The largest absolute Gasteiger partial charge is 0.489 e. The molecule has 2 N–H and O–H groups in total. The van der Waals surface area contributed by atoms with Crippen molar-refractivity contribution < 1.29 is 19.4 Å². The van der Waals surface area contributed by atoms with Crippen LogP contribution in [-0.4, -0.2) is 52.2 Å². The number of fused-ring (bicyclic) bond motifs is 1. The Morgan fingerprint density at radius 3 is 2.86 bits per heavy atom. The molecule has 1 aliphatic heterocycles. The number of hydrogen-bond acceptors (Lipinski definition) is 7. The van der Waals surface area contributed by atoms with Crippen molar-refractivity contribution in [3.05, 3.63) is 69.4 Å². The van der Waals surface area contributed by atoms with Crippen LogP contribution in [0.5, 0.6) is 5.75 Å². The Balaban J connectivity index is 1.48. The smallest absolute Gasteiger partial charge is 0.270 e. The lowest BCUT2D eigenvalue weighted by atomic mass is 10.1. The predicted octanol–water partition coefficient (Wildman–Crippen LogP) is 2.71. The summed E-state index contributed by atoms with van der Waals surface area (Å²) in [5, 5.41) is 15.6. The van der Waals surface area contributed by atoms with Gasteiger partial charge in [-0.1, -0.05) is 11.8 Å². The van der Waals surface area contributed by atoms with Gasteiger partial charge in [-0.3, -0.25) is 14.6 Å². The topological polar surface area (TPSA) is 105 Å². The highest BCUT2D eigenvalue weighted by atomic mass is 32.1. The quantitative estimate of drug-likeness (QED) is 0.545. The number of hydrogen-bond donors (Lipinski definition) is 2. The van der Waals surface area contributed by atoms with E-state index in [1.54, 1.807) is 62.7 Å². The van der Waals surface area contributed by atoms with E-state index in [1.807, 2.05) is 18.4 Å². The molecule has 0 aliphatic carbocycles. The van der Waals surface area contributed by atoms with Crippen LogP contribution in [0.1, 0.15) is 46.2 Å². The average Bonchev–Trinajstić information content (AvgIpc) is 3.18. The van der Waals surface area contributed by atoms with Crippen LogP contribution in [0.3, 0.4) is 0 Å². The number of thiazole rings is 1. The van der Waals surface area contributed by atoms with E-state index in [1.165, 1.54) is 4.90 Å². The number of nitrogens with one attached hydrogen (secondary N) is 1. The predicted molar refractivity (Wildman–Crippen MR) is 134 cm³/mol. The van der Waals surface area contributed by atoms with Gasteiger partial charge in [0, 0.05) is 30.6 Å². The summed E-state index contributed by atoms with van der Waals surface area (Å²) in [4.78, 5) is 36.2. The molecule has 2 amide bonds. The fourth-order valence-corrected chi connectivity index (χ4v) is 4.16. The van der Waals surface area contributed by atoms with Gasteiger partial charge >= 0.3 is 0 Å². The van der Waals surface area contributed by atoms with Crippen LogP contribution in [-0.2, 0) is 11.2 Å². The molecule has 2 aromatic heterocycles. The van der Waals surface area contributed by atoms with Crippen LogP contribution in [0.2, 0.25) is 0 Å². The van der Waals surface area contributed by atoms with E-state index in [9.17, 15) is 14.7 Å². The lowest BCUT2D eigenvalue weighted by Gasteiger charge is -2.20. The minimum atomic E-state index is -1.13. The third-order valence-corrected chi connectivity index (χ3v) is 6.10. The molecule has 0 radical (unpaired) electrons. The average molecular weight is 491 g/mol. The number of rotatable bonds is 4. The van der Waals surface area contributed by atoms with Crippen LogP contribution in [0.4, 0.5) is 5.69 Å². The number of likely N-dealkylation sites (N-methyl/N-ethyl adjacent to an activating group) is 1.